The van der Waals surface area contributed by atoms with E-state index < -0.39 is 0 Å². The first-order chi connectivity index (χ1) is 43.7. The molecule has 12 N–H and O–H groups in total. The van der Waals surface area contributed by atoms with E-state index in [2.05, 4.69) is 153 Å². The highest BCUT2D eigenvalue weighted by Crippen LogP contribution is 2.56. The summed E-state index contributed by atoms with van der Waals surface area (Å²) in [6, 6.07) is 17.1. The summed E-state index contributed by atoms with van der Waals surface area (Å²) in [5.74, 6) is 0.882. The molecule has 0 atom stereocenters. The van der Waals surface area contributed by atoms with Gasteiger partial charge in [-0.25, -0.2) is 0 Å². The third kappa shape index (κ3) is 26.4. The molecular formula is C72H112N8O8S4. The number of benzene rings is 4. The number of nitrogens with one attached hydrogen (secondary N) is 4. The molecule has 4 aromatic carbocycles. The van der Waals surface area contributed by atoms with Crippen LogP contribution in [-0.4, -0.2) is 102 Å². The fraction of sp³-hybridized carbons (Fsp3) is 0.611. The van der Waals surface area contributed by atoms with E-state index in [1.54, 1.807) is 0 Å². The molecule has 20 heteroatoms. The van der Waals surface area contributed by atoms with E-state index in [4.69, 9.17) is 41.9 Å². The van der Waals surface area contributed by atoms with E-state index in [0.29, 0.717) is 75.4 Å². The third-order valence-electron chi connectivity index (χ3n) is 15.6. The maximum atomic E-state index is 14.0. The SMILES string of the molecule is CC(C)(C)c1cc2c(OCC(=O)NCCCCCCN)c(c1)Sc1cc(C(C)(C)C)cc(c1OCC(=O)NCCCCCCN)Sc1cc(C(C)(C)C)cc(c1OCC(=O)NCCCCCCN)Sc1cc(C(C)(C)C)cc(c1OCC(=O)NCCCCCCN)S2. The van der Waals surface area contributed by atoms with Gasteiger partial charge >= 0.3 is 0 Å². The van der Waals surface area contributed by atoms with E-state index in [-0.39, 0.29) is 71.7 Å². The molecule has 0 radical (unpaired) electrons. The van der Waals surface area contributed by atoms with Crippen LogP contribution in [0.4, 0.5) is 0 Å². The molecule has 0 fully saturated rings. The first-order valence-electron chi connectivity index (χ1n) is 33.5. The van der Waals surface area contributed by atoms with Gasteiger partial charge in [0.15, 0.2) is 26.4 Å². The van der Waals surface area contributed by atoms with Crippen LogP contribution in [0.15, 0.2) is 87.7 Å². The summed E-state index contributed by atoms with van der Waals surface area (Å²) in [6.07, 6.45) is 14.7. The summed E-state index contributed by atoms with van der Waals surface area (Å²) < 4.78 is 27.8. The van der Waals surface area contributed by atoms with E-state index >= 15 is 0 Å². The smallest absolute Gasteiger partial charge is 0.257 e. The first kappa shape index (κ1) is 77.9. The fourth-order valence-corrected chi connectivity index (χ4v) is 14.6. The largest absolute Gasteiger partial charge is 0.481 e. The van der Waals surface area contributed by atoms with Crippen molar-refractivity contribution in [3.05, 3.63) is 70.8 Å². The number of rotatable bonds is 36. The average molecular weight is 1350 g/mol. The highest BCUT2D eigenvalue weighted by atomic mass is 32.2. The Morgan fingerprint density at radius 3 is 0.609 bits per heavy atom. The Bertz CT molecular complexity index is 2520. The number of fused-ring (bicyclic) bond motifs is 8. The lowest BCUT2D eigenvalue weighted by Gasteiger charge is -2.28. The number of hydrogen-bond donors (Lipinski definition) is 8. The topological polar surface area (TPSA) is 257 Å². The summed E-state index contributed by atoms with van der Waals surface area (Å²) >= 11 is 5.84. The zero-order valence-electron chi connectivity index (χ0n) is 57.6. The van der Waals surface area contributed by atoms with Gasteiger partial charge in [0, 0.05) is 26.2 Å². The number of carbonyl (C=O) groups excluding carboxylic acids is 4. The predicted octanol–water partition coefficient (Wildman–Crippen LogP) is 13.9. The van der Waals surface area contributed by atoms with Gasteiger partial charge in [-0.15, -0.1) is 0 Å². The standard InChI is InChI=1S/C72H112N8O8S4/c1-69(2,3)49-37-53-65(85-45-61(81)77-33-25-17-13-21-29-73)54(38-49)90-56-40-51(71(7,8)9)42-58(67(56)87-47-63(83)79-35-27-19-15-23-31-75)92-60-44-52(72(10,11)12)43-59(68(60)88-48-64(84)80-36-28-20-16-24-32-76)91-57-41-50(70(4,5)6)39-55(89-53)66(57)86-46-62(82)78-34-26-18-14-22-30-74/h37-44H,13-36,45-48,73-76H2,1-12H3,(H,77,81)(H,78,82)(H,79,83)(H,80,84). The van der Waals surface area contributed by atoms with Gasteiger partial charge < -0.3 is 63.1 Å². The Labute approximate surface area is 568 Å². The van der Waals surface area contributed by atoms with Crippen LogP contribution in [0.25, 0.3) is 0 Å². The van der Waals surface area contributed by atoms with Crippen molar-refractivity contribution in [2.45, 2.75) is 247 Å². The molecule has 5 rings (SSSR count). The molecule has 4 aromatic rings. The summed E-state index contributed by atoms with van der Waals surface area (Å²) in [5.41, 5.74) is 25.6. The van der Waals surface area contributed by atoms with Crippen molar-refractivity contribution in [1.29, 1.82) is 0 Å². The Kier molecular flexibility index (Phi) is 32.7. The fourth-order valence-electron chi connectivity index (χ4n) is 9.85. The first-order valence-corrected chi connectivity index (χ1v) is 36.8. The van der Waals surface area contributed by atoms with Crippen LogP contribution in [-0.2, 0) is 40.8 Å². The Morgan fingerprint density at radius 2 is 0.457 bits per heavy atom. The molecule has 16 nitrogen and oxygen atoms in total. The van der Waals surface area contributed by atoms with Crippen LogP contribution in [0.1, 0.15) is 208 Å². The van der Waals surface area contributed by atoms with Gasteiger partial charge in [0.1, 0.15) is 23.0 Å². The molecule has 4 amide bonds. The molecule has 0 saturated carbocycles. The Balaban J connectivity index is 1.89. The summed E-state index contributed by atoms with van der Waals surface area (Å²) in [5, 5.41) is 12.4. The number of ether oxygens (including phenoxy) is 4. The van der Waals surface area contributed by atoms with Crippen LogP contribution in [0.3, 0.4) is 0 Å². The van der Waals surface area contributed by atoms with Gasteiger partial charge in [0.25, 0.3) is 23.6 Å². The molecule has 0 spiro atoms. The summed E-state index contributed by atoms with van der Waals surface area (Å²) in [7, 11) is 0. The van der Waals surface area contributed by atoms with Crippen LogP contribution >= 0.6 is 47.0 Å². The minimum absolute atomic E-state index is 0.256. The summed E-state index contributed by atoms with van der Waals surface area (Å²) in [6.45, 7) is 29.5. The molecule has 1 aliphatic rings. The number of hydrogen-bond acceptors (Lipinski definition) is 16. The molecule has 1 aliphatic heterocycles. The molecule has 512 valence electrons. The molecule has 92 heavy (non-hydrogen) atoms. The van der Waals surface area contributed by atoms with Gasteiger partial charge in [0.05, 0.1) is 39.2 Å². The maximum Gasteiger partial charge on any atom is 0.257 e. The van der Waals surface area contributed by atoms with E-state index in [9.17, 15) is 19.2 Å². The lowest BCUT2D eigenvalue weighted by molar-refractivity contribution is -0.123. The lowest BCUT2D eigenvalue weighted by atomic mass is 9.87. The minimum Gasteiger partial charge on any atom is -0.481 e. The maximum absolute atomic E-state index is 14.0. The van der Waals surface area contributed by atoms with Crippen molar-refractivity contribution in [1.82, 2.24) is 21.3 Å². The second kappa shape index (κ2) is 38.7. The second-order valence-corrected chi connectivity index (χ2v) is 32.3. The molecular weight excluding hydrogens is 1230 g/mol. The monoisotopic (exact) mass is 1340 g/mol. The van der Waals surface area contributed by atoms with Gasteiger partial charge in [-0.1, -0.05) is 181 Å². The normalized spacial score (nSPS) is 12.7. The van der Waals surface area contributed by atoms with Crippen molar-refractivity contribution in [2.24, 2.45) is 22.9 Å². The zero-order chi connectivity index (χ0) is 67.5. The zero-order valence-corrected chi connectivity index (χ0v) is 60.9. The third-order valence-corrected chi connectivity index (χ3v) is 19.8. The number of unbranched alkanes of at least 4 members (excludes halogenated alkanes) is 12. The van der Waals surface area contributed by atoms with Crippen LogP contribution in [0, 0.1) is 0 Å². The minimum atomic E-state index is -0.386. The Morgan fingerprint density at radius 1 is 0.293 bits per heavy atom. The van der Waals surface area contributed by atoms with Crippen molar-refractivity contribution in [3.63, 3.8) is 0 Å². The molecule has 0 saturated heterocycles. The van der Waals surface area contributed by atoms with Crippen molar-refractivity contribution < 1.29 is 38.1 Å². The van der Waals surface area contributed by atoms with Gasteiger partial charge in [-0.2, -0.15) is 0 Å². The van der Waals surface area contributed by atoms with Crippen molar-refractivity contribution in [2.75, 3.05) is 78.8 Å². The van der Waals surface area contributed by atoms with Crippen molar-refractivity contribution in [3.8, 4) is 23.0 Å². The van der Waals surface area contributed by atoms with Crippen LogP contribution in [0.5, 0.6) is 23.0 Å². The second-order valence-electron chi connectivity index (χ2n) is 28.0. The van der Waals surface area contributed by atoms with Crippen LogP contribution < -0.4 is 63.1 Å². The van der Waals surface area contributed by atoms with E-state index in [1.807, 2.05) is 0 Å². The number of nitrogens with two attached hydrogens (primary N) is 4. The summed E-state index contributed by atoms with van der Waals surface area (Å²) in [4.78, 5) is 61.8. The molecule has 8 bridgehead atoms. The lowest BCUT2D eigenvalue weighted by Crippen LogP contribution is -2.30. The van der Waals surface area contributed by atoms with E-state index in [0.717, 1.165) is 164 Å². The van der Waals surface area contributed by atoms with Gasteiger partial charge in [-0.05, 0) is 170 Å². The molecule has 0 aliphatic carbocycles. The number of amides is 4. The highest BCUT2D eigenvalue weighted by Gasteiger charge is 2.32. The predicted molar refractivity (Wildman–Crippen MR) is 381 cm³/mol. The molecule has 1 heterocycles. The van der Waals surface area contributed by atoms with Gasteiger partial charge in [0.2, 0.25) is 0 Å². The molecule has 0 unspecified atom stereocenters. The quantitative estimate of drug-likeness (QED) is 0.0173. The van der Waals surface area contributed by atoms with Crippen molar-refractivity contribution >= 4 is 70.7 Å². The highest BCUT2D eigenvalue weighted by molar-refractivity contribution is 8.01. The Hall–Kier alpha value is -4.80. The van der Waals surface area contributed by atoms with E-state index in [1.165, 1.54) is 47.0 Å². The molecule has 0 aromatic heterocycles. The number of carbonyl (C=O) groups is 4. The van der Waals surface area contributed by atoms with Crippen LogP contribution in [0.2, 0.25) is 0 Å². The van der Waals surface area contributed by atoms with Gasteiger partial charge in [-0.3, -0.25) is 19.2 Å². The average Bonchev–Trinajstić information content (AvgIpc) is 0.931.